The molecule has 4 heteroatoms. The Kier molecular flexibility index (Phi) is 7.92. The third kappa shape index (κ3) is 5.36. The maximum Gasteiger partial charge on any atom is 0.168 e. The molecule has 1 spiro atoms. The molecule has 4 fully saturated rings. The van der Waals surface area contributed by atoms with Gasteiger partial charge in [0.15, 0.2) is 5.79 Å². The Morgan fingerprint density at radius 2 is 1.49 bits per heavy atom. The number of rotatable bonds is 7. The molecule has 0 aromatic heterocycles. The lowest BCUT2D eigenvalue weighted by Gasteiger charge is -2.43. The van der Waals surface area contributed by atoms with Gasteiger partial charge in [0.25, 0.3) is 0 Å². The number of halogens is 1. The molecule has 1 saturated heterocycles. The largest absolute Gasteiger partial charge is 0.385 e. The lowest BCUT2D eigenvalue weighted by atomic mass is 9.65. The van der Waals surface area contributed by atoms with Gasteiger partial charge in [-0.15, -0.1) is 0 Å². The van der Waals surface area contributed by atoms with Crippen LogP contribution in [0.4, 0.5) is 4.39 Å². The fourth-order valence-corrected chi connectivity index (χ4v) is 8.04. The molecule has 196 valence electrons. The zero-order valence-corrected chi connectivity index (χ0v) is 22.0. The fourth-order valence-electron chi connectivity index (χ4n) is 8.04. The smallest absolute Gasteiger partial charge is 0.168 e. The first-order valence-corrected chi connectivity index (χ1v) is 14.8. The summed E-state index contributed by atoms with van der Waals surface area (Å²) < 4.78 is 27.4. The number of aliphatic hydroxyl groups is 1. The van der Waals surface area contributed by atoms with Crippen molar-refractivity contribution in [3.05, 3.63) is 35.1 Å². The van der Waals surface area contributed by atoms with E-state index in [1.165, 1.54) is 63.4 Å². The van der Waals surface area contributed by atoms with Crippen LogP contribution in [0.15, 0.2) is 18.2 Å². The van der Waals surface area contributed by atoms with E-state index in [2.05, 4.69) is 13.0 Å². The zero-order chi connectivity index (χ0) is 24.4. The van der Waals surface area contributed by atoms with Gasteiger partial charge in [0.2, 0.25) is 0 Å². The van der Waals surface area contributed by atoms with Crippen molar-refractivity contribution in [1.82, 2.24) is 0 Å². The van der Waals surface area contributed by atoms with Crippen LogP contribution in [0, 0.1) is 17.7 Å². The summed E-state index contributed by atoms with van der Waals surface area (Å²) in [5.41, 5.74) is 0.834. The van der Waals surface area contributed by atoms with Crippen molar-refractivity contribution in [3.8, 4) is 0 Å². The zero-order valence-electron chi connectivity index (χ0n) is 22.0. The van der Waals surface area contributed by atoms with Crippen LogP contribution in [0.1, 0.15) is 127 Å². The Balaban J connectivity index is 1.23. The molecule has 3 saturated carbocycles. The number of hydrogen-bond acceptors (Lipinski definition) is 3. The first-order chi connectivity index (χ1) is 17.0. The van der Waals surface area contributed by atoms with Crippen molar-refractivity contribution >= 4 is 0 Å². The van der Waals surface area contributed by atoms with Crippen molar-refractivity contribution < 1.29 is 19.0 Å². The second kappa shape index (κ2) is 10.8. The molecule has 5 rings (SSSR count). The van der Waals surface area contributed by atoms with Gasteiger partial charge in [0.05, 0.1) is 18.8 Å². The Morgan fingerprint density at radius 3 is 2.09 bits per heavy atom. The van der Waals surface area contributed by atoms with Gasteiger partial charge in [0, 0.05) is 18.4 Å². The molecule has 0 bridgehead atoms. The second-order valence-electron chi connectivity index (χ2n) is 12.3. The van der Waals surface area contributed by atoms with Gasteiger partial charge in [-0.1, -0.05) is 57.6 Å². The molecule has 3 aliphatic carbocycles. The van der Waals surface area contributed by atoms with Gasteiger partial charge in [0.1, 0.15) is 5.82 Å². The topological polar surface area (TPSA) is 38.7 Å². The van der Waals surface area contributed by atoms with Gasteiger partial charge in [-0.3, -0.25) is 0 Å². The molecular weight excluding hydrogens is 439 g/mol. The summed E-state index contributed by atoms with van der Waals surface area (Å²) >= 11 is 0. The van der Waals surface area contributed by atoms with Crippen molar-refractivity contribution in [2.45, 2.75) is 133 Å². The van der Waals surface area contributed by atoms with Crippen molar-refractivity contribution in [3.63, 3.8) is 0 Å². The van der Waals surface area contributed by atoms with Crippen LogP contribution in [-0.4, -0.2) is 24.1 Å². The predicted octanol–water partition coefficient (Wildman–Crippen LogP) is 7.92. The Hall–Kier alpha value is -0.970. The second-order valence-corrected chi connectivity index (χ2v) is 12.3. The van der Waals surface area contributed by atoms with Gasteiger partial charge in [-0.2, -0.15) is 0 Å². The normalized spacial score (nSPS) is 31.1. The molecule has 0 atom stereocenters. The quantitative estimate of drug-likeness (QED) is 0.398. The van der Waals surface area contributed by atoms with Crippen molar-refractivity contribution in [2.75, 3.05) is 13.2 Å². The summed E-state index contributed by atoms with van der Waals surface area (Å²) in [7, 11) is 0. The Labute approximate surface area is 212 Å². The molecule has 0 amide bonds. The lowest BCUT2D eigenvalue weighted by molar-refractivity contribution is -0.186. The molecule has 35 heavy (non-hydrogen) atoms. The average Bonchev–Trinajstić information content (AvgIpc) is 3.33. The van der Waals surface area contributed by atoms with E-state index in [1.807, 2.05) is 6.07 Å². The van der Waals surface area contributed by atoms with Crippen LogP contribution in [0.5, 0.6) is 0 Å². The highest BCUT2D eigenvalue weighted by Crippen LogP contribution is 2.49. The summed E-state index contributed by atoms with van der Waals surface area (Å²) in [5.74, 6) is 0.821. The van der Waals surface area contributed by atoms with Gasteiger partial charge >= 0.3 is 0 Å². The maximum absolute atomic E-state index is 15.6. The van der Waals surface area contributed by atoms with Crippen LogP contribution < -0.4 is 0 Å². The highest BCUT2D eigenvalue weighted by molar-refractivity contribution is 5.34. The number of benzene rings is 1. The third-order valence-corrected chi connectivity index (χ3v) is 10.3. The number of unbranched alkanes of at least 4 members (excludes halogenated alkanes) is 2. The molecule has 1 N–H and O–H groups in total. The van der Waals surface area contributed by atoms with Gasteiger partial charge in [-0.25, -0.2) is 4.39 Å². The lowest BCUT2D eigenvalue weighted by Crippen LogP contribution is -2.39. The SMILES string of the molecule is CCCCCC1(c2ccc(C3(O)CCC(C4CCC5(CC4)OCCO5)CC3)c(F)c2)CCCCC1. The summed E-state index contributed by atoms with van der Waals surface area (Å²) in [6.07, 6.45) is 18.6. The Morgan fingerprint density at radius 1 is 0.857 bits per heavy atom. The fraction of sp³-hybridized carbons (Fsp3) is 0.806. The van der Waals surface area contributed by atoms with E-state index in [0.29, 0.717) is 30.2 Å². The van der Waals surface area contributed by atoms with E-state index in [1.54, 1.807) is 6.07 Å². The van der Waals surface area contributed by atoms with E-state index in [-0.39, 0.29) is 17.0 Å². The summed E-state index contributed by atoms with van der Waals surface area (Å²) in [5, 5.41) is 11.6. The monoisotopic (exact) mass is 486 g/mol. The van der Waals surface area contributed by atoms with Crippen LogP contribution in [0.3, 0.4) is 0 Å². The summed E-state index contributed by atoms with van der Waals surface area (Å²) in [6.45, 7) is 3.71. The van der Waals surface area contributed by atoms with Gasteiger partial charge in [-0.05, 0) is 86.7 Å². The van der Waals surface area contributed by atoms with E-state index >= 15 is 4.39 Å². The standard InChI is InChI=1S/C31H47FO3/c1-2-3-5-14-29(15-6-4-7-16-29)26-8-9-27(28(32)23-26)30(33)17-10-24(11-18-30)25-12-19-31(20-13-25)34-21-22-35-31/h8-9,23-25,33H,2-7,10-22H2,1H3. The highest BCUT2D eigenvalue weighted by Gasteiger charge is 2.45. The number of ether oxygens (including phenoxy) is 2. The first-order valence-electron chi connectivity index (χ1n) is 14.8. The predicted molar refractivity (Wildman–Crippen MR) is 138 cm³/mol. The highest BCUT2D eigenvalue weighted by atomic mass is 19.1. The molecule has 1 aliphatic heterocycles. The molecule has 3 nitrogen and oxygen atoms in total. The van der Waals surface area contributed by atoms with Crippen LogP contribution >= 0.6 is 0 Å². The maximum atomic E-state index is 15.6. The van der Waals surface area contributed by atoms with E-state index in [4.69, 9.17) is 9.47 Å². The first kappa shape index (κ1) is 25.7. The van der Waals surface area contributed by atoms with Crippen LogP contribution in [0.2, 0.25) is 0 Å². The molecule has 4 aliphatic rings. The average molecular weight is 487 g/mol. The molecule has 1 heterocycles. The third-order valence-electron chi connectivity index (χ3n) is 10.3. The summed E-state index contributed by atoms with van der Waals surface area (Å²) in [6, 6.07) is 5.92. The van der Waals surface area contributed by atoms with Crippen LogP contribution in [0.25, 0.3) is 0 Å². The minimum absolute atomic E-state index is 0.137. The number of hydrogen-bond donors (Lipinski definition) is 1. The van der Waals surface area contributed by atoms with Crippen molar-refractivity contribution in [2.24, 2.45) is 11.8 Å². The Bertz CT molecular complexity index is 822. The molecular formula is C31H47FO3. The molecule has 1 aromatic rings. The van der Waals surface area contributed by atoms with Crippen molar-refractivity contribution in [1.29, 1.82) is 0 Å². The molecule has 0 radical (unpaired) electrons. The minimum Gasteiger partial charge on any atom is -0.385 e. The van der Waals surface area contributed by atoms with Gasteiger partial charge < -0.3 is 14.6 Å². The van der Waals surface area contributed by atoms with E-state index < -0.39 is 5.60 Å². The minimum atomic E-state index is -1.02. The van der Waals surface area contributed by atoms with E-state index in [9.17, 15) is 5.11 Å². The molecule has 1 aromatic carbocycles. The van der Waals surface area contributed by atoms with Crippen LogP contribution in [-0.2, 0) is 20.5 Å². The van der Waals surface area contributed by atoms with E-state index in [0.717, 1.165) is 51.7 Å². The summed E-state index contributed by atoms with van der Waals surface area (Å²) in [4.78, 5) is 0. The molecule has 0 unspecified atom stereocenters.